The molecule has 0 bridgehead atoms. The van der Waals surface area contributed by atoms with E-state index in [4.69, 9.17) is 0 Å². The average Bonchev–Trinajstić information content (AvgIpc) is 3.06. The lowest BCUT2D eigenvalue weighted by Crippen LogP contribution is -2.39. The molecule has 4 rings (SSSR count). The molecule has 0 fully saturated rings. The van der Waals surface area contributed by atoms with Crippen molar-refractivity contribution in [2.24, 2.45) is 5.92 Å². The number of nitrogens with zero attached hydrogens (tertiary/aromatic N) is 2. The lowest BCUT2D eigenvalue weighted by Gasteiger charge is -2.47. The summed E-state index contributed by atoms with van der Waals surface area (Å²) in [5.74, 6) is 0.752. The summed E-state index contributed by atoms with van der Waals surface area (Å²) in [5.41, 5.74) is 5.53. The van der Waals surface area contributed by atoms with Crippen LogP contribution in [0.25, 0.3) is 0 Å². The molecule has 1 aromatic heterocycles. The molecule has 0 saturated heterocycles. The van der Waals surface area contributed by atoms with E-state index in [0.717, 1.165) is 12.5 Å². The minimum atomic E-state index is 0.462. The highest BCUT2D eigenvalue weighted by Gasteiger charge is 2.42. The van der Waals surface area contributed by atoms with Crippen molar-refractivity contribution >= 4 is 0 Å². The van der Waals surface area contributed by atoms with Gasteiger partial charge in [-0.25, -0.2) is 4.98 Å². The second-order valence-corrected chi connectivity index (χ2v) is 7.72. The number of hydrogen-bond acceptors (Lipinski definition) is 1. The number of rotatable bonds is 5. The minimum Gasteiger partial charge on any atom is -0.337 e. The molecule has 0 radical (unpaired) electrons. The summed E-state index contributed by atoms with van der Waals surface area (Å²) < 4.78 is 2.27. The van der Waals surface area contributed by atoms with Crippen molar-refractivity contribution in [3.8, 4) is 0 Å². The Morgan fingerprint density at radius 1 is 1.30 bits per heavy atom. The Kier molecular flexibility index (Phi) is 4.00. The molecule has 2 atom stereocenters. The molecule has 0 spiro atoms. The van der Waals surface area contributed by atoms with Gasteiger partial charge in [-0.1, -0.05) is 38.0 Å². The van der Waals surface area contributed by atoms with Crippen LogP contribution in [0.4, 0.5) is 0 Å². The SMILES string of the molecule is CCCC[C@@]12CCCc3cccc(c31)C[C@@H](Cn1ccnc1)C2. The summed E-state index contributed by atoms with van der Waals surface area (Å²) >= 11 is 0. The van der Waals surface area contributed by atoms with E-state index in [2.05, 4.69) is 40.9 Å². The molecule has 0 unspecified atom stereocenters. The van der Waals surface area contributed by atoms with Crippen molar-refractivity contribution in [3.05, 3.63) is 53.6 Å². The van der Waals surface area contributed by atoms with E-state index in [9.17, 15) is 0 Å². The van der Waals surface area contributed by atoms with Crippen LogP contribution in [0.1, 0.15) is 62.1 Å². The van der Waals surface area contributed by atoms with Crippen molar-refractivity contribution < 1.29 is 0 Å². The smallest absolute Gasteiger partial charge is 0.0945 e. The van der Waals surface area contributed by atoms with Gasteiger partial charge >= 0.3 is 0 Å². The van der Waals surface area contributed by atoms with Crippen LogP contribution in [-0.2, 0) is 24.8 Å². The van der Waals surface area contributed by atoms with E-state index in [1.807, 2.05) is 12.5 Å². The lowest BCUT2D eigenvalue weighted by atomic mass is 9.58. The van der Waals surface area contributed by atoms with Crippen LogP contribution in [0.15, 0.2) is 36.9 Å². The van der Waals surface area contributed by atoms with Crippen LogP contribution in [0, 0.1) is 5.92 Å². The first-order valence-electron chi connectivity index (χ1n) is 9.38. The maximum atomic E-state index is 4.23. The number of hydrogen-bond donors (Lipinski definition) is 0. The minimum absolute atomic E-state index is 0.462. The molecule has 2 aliphatic carbocycles. The van der Waals surface area contributed by atoms with Crippen LogP contribution in [0.2, 0.25) is 0 Å². The predicted octanol–water partition coefficient (Wildman–Crippen LogP) is 4.91. The Bertz CT molecular complexity index is 658. The second kappa shape index (κ2) is 6.14. The van der Waals surface area contributed by atoms with Gasteiger partial charge in [-0.05, 0) is 66.5 Å². The molecular weight excluding hydrogens is 280 g/mol. The number of unbranched alkanes of at least 4 members (excludes halogenated alkanes) is 1. The Balaban J connectivity index is 1.70. The van der Waals surface area contributed by atoms with Gasteiger partial charge in [0.25, 0.3) is 0 Å². The number of benzene rings is 1. The van der Waals surface area contributed by atoms with Crippen molar-refractivity contribution in [3.63, 3.8) is 0 Å². The first-order chi connectivity index (χ1) is 11.3. The van der Waals surface area contributed by atoms with Gasteiger partial charge in [-0.15, -0.1) is 0 Å². The Morgan fingerprint density at radius 2 is 2.22 bits per heavy atom. The zero-order valence-electron chi connectivity index (χ0n) is 14.3. The van der Waals surface area contributed by atoms with Crippen molar-refractivity contribution in [2.75, 3.05) is 0 Å². The third kappa shape index (κ3) is 2.73. The van der Waals surface area contributed by atoms with E-state index in [1.165, 1.54) is 51.4 Å². The van der Waals surface area contributed by atoms with Gasteiger partial charge in [0, 0.05) is 18.9 Å². The number of aryl methyl sites for hydroxylation is 1. The third-order valence-electron chi connectivity index (χ3n) is 6.09. The highest BCUT2D eigenvalue weighted by atomic mass is 15.0. The molecule has 122 valence electrons. The molecule has 2 heteroatoms. The summed E-state index contributed by atoms with van der Waals surface area (Å²) in [7, 11) is 0. The Labute approximate surface area is 139 Å². The molecule has 0 aliphatic heterocycles. The van der Waals surface area contributed by atoms with Crippen LogP contribution in [0.5, 0.6) is 0 Å². The van der Waals surface area contributed by atoms with E-state index in [0.29, 0.717) is 5.41 Å². The zero-order valence-corrected chi connectivity index (χ0v) is 14.3. The van der Waals surface area contributed by atoms with E-state index in [1.54, 1.807) is 16.7 Å². The van der Waals surface area contributed by atoms with Crippen LogP contribution >= 0.6 is 0 Å². The largest absolute Gasteiger partial charge is 0.337 e. The molecule has 23 heavy (non-hydrogen) atoms. The quantitative estimate of drug-likeness (QED) is 0.767. The molecule has 2 aromatic rings. The highest BCUT2D eigenvalue weighted by Crippen LogP contribution is 2.51. The van der Waals surface area contributed by atoms with Crippen molar-refractivity contribution in [2.45, 2.75) is 70.3 Å². The van der Waals surface area contributed by atoms with E-state index in [-0.39, 0.29) is 0 Å². The molecule has 0 N–H and O–H groups in total. The first-order valence-corrected chi connectivity index (χ1v) is 9.38. The topological polar surface area (TPSA) is 17.8 Å². The lowest BCUT2D eigenvalue weighted by molar-refractivity contribution is 0.215. The van der Waals surface area contributed by atoms with Crippen molar-refractivity contribution in [1.29, 1.82) is 0 Å². The zero-order chi connectivity index (χ0) is 15.7. The van der Waals surface area contributed by atoms with E-state index < -0.39 is 0 Å². The molecule has 1 aromatic carbocycles. The van der Waals surface area contributed by atoms with Gasteiger partial charge in [-0.3, -0.25) is 0 Å². The molecule has 2 nitrogen and oxygen atoms in total. The van der Waals surface area contributed by atoms with Crippen LogP contribution < -0.4 is 0 Å². The summed E-state index contributed by atoms with van der Waals surface area (Å²) in [4.78, 5) is 4.23. The van der Waals surface area contributed by atoms with Gasteiger partial charge in [-0.2, -0.15) is 0 Å². The molecule has 0 amide bonds. The standard InChI is InChI=1S/C21H28N2/c1-2-3-9-21-10-5-8-18-6-4-7-19(20(18)21)13-17(14-21)15-23-12-11-22-16-23/h4,6-7,11-12,16-17H,2-3,5,8-10,13-15H2,1H3/t17-,21+/m1/s1. The van der Waals surface area contributed by atoms with Crippen LogP contribution in [-0.4, -0.2) is 9.55 Å². The van der Waals surface area contributed by atoms with E-state index >= 15 is 0 Å². The first kappa shape index (κ1) is 15.0. The monoisotopic (exact) mass is 308 g/mol. The van der Waals surface area contributed by atoms with Gasteiger partial charge < -0.3 is 4.57 Å². The van der Waals surface area contributed by atoms with Crippen LogP contribution in [0.3, 0.4) is 0 Å². The number of aromatic nitrogens is 2. The normalized spacial score (nSPS) is 26.0. The average molecular weight is 308 g/mol. The van der Waals surface area contributed by atoms with Gasteiger partial charge in [0.2, 0.25) is 0 Å². The summed E-state index contributed by atoms with van der Waals surface area (Å²) in [6, 6.07) is 7.10. The summed E-state index contributed by atoms with van der Waals surface area (Å²) in [6.45, 7) is 3.45. The second-order valence-electron chi connectivity index (χ2n) is 7.72. The summed E-state index contributed by atoms with van der Waals surface area (Å²) in [6.07, 6.45) is 16.7. The Hall–Kier alpha value is -1.57. The highest BCUT2D eigenvalue weighted by molar-refractivity contribution is 5.45. The predicted molar refractivity (Wildman–Crippen MR) is 94.6 cm³/mol. The third-order valence-corrected chi connectivity index (χ3v) is 6.09. The molecular formula is C21H28N2. The van der Waals surface area contributed by atoms with Crippen molar-refractivity contribution in [1.82, 2.24) is 9.55 Å². The Morgan fingerprint density at radius 3 is 3.04 bits per heavy atom. The molecule has 2 aliphatic rings. The maximum absolute atomic E-state index is 4.23. The van der Waals surface area contributed by atoms with Gasteiger partial charge in [0.1, 0.15) is 0 Å². The fourth-order valence-corrected chi connectivity index (χ4v) is 5.28. The fourth-order valence-electron chi connectivity index (χ4n) is 5.28. The fraction of sp³-hybridized carbons (Fsp3) is 0.571. The maximum Gasteiger partial charge on any atom is 0.0945 e. The summed E-state index contributed by atoms with van der Waals surface area (Å²) in [5, 5.41) is 0. The van der Waals surface area contributed by atoms with Gasteiger partial charge in [0.15, 0.2) is 0 Å². The number of imidazole rings is 1. The molecule has 0 saturated carbocycles. The van der Waals surface area contributed by atoms with Gasteiger partial charge in [0.05, 0.1) is 6.33 Å². The molecule has 1 heterocycles.